The van der Waals surface area contributed by atoms with Gasteiger partial charge in [0.2, 0.25) is 0 Å². The van der Waals surface area contributed by atoms with E-state index in [0.29, 0.717) is 6.54 Å². The monoisotopic (exact) mass is 266 g/mol. The summed E-state index contributed by atoms with van der Waals surface area (Å²) in [5.41, 5.74) is 6.87. The number of nitrogens with one attached hydrogen (secondary N) is 1. The molecular formula is C12H15BrN2. The van der Waals surface area contributed by atoms with Gasteiger partial charge in [-0.2, -0.15) is 0 Å². The molecule has 0 spiro atoms. The number of nitrogens with two attached hydrogens (primary N) is 1. The third-order valence-electron chi connectivity index (χ3n) is 2.22. The Hall–Kier alpha value is -0.820. The van der Waals surface area contributed by atoms with Crippen LogP contribution in [0.3, 0.4) is 0 Å². The average Bonchev–Trinajstić information content (AvgIpc) is 2.26. The van der Waals surface area contributed by atoms with Crippen molar-refractivity contribution in [2.45, 2.75) is 19.0 Å². The van der Waals surface area contributed by atoms with Crippen LogP contribution >= 0.6 is 15.9 Å². The quantitative estimate of drug-likeness (QED) is 0.819. The normalized spacial score (nSPS) is 14.3. The first-order valence-corrected chi connectivity index (χ1v) is 5.65. The zero-order chi connectivity index (χ0) is 11.3. The van der Waals surface area contributed by atoms with Crippen LogP contribution in [0.5, 0.6) is 0 Å². The lowest BCUT2D eigenvalue weighted by atomic mass is 10.1. The van der Waals surface area contributed by atoms with Crippen LogP contribution in [-0.2, 0) is 0 Å². The highest BCUT2D eigenvalue weighted by Gasteiger charge is 2.13. The molecule has 0 amide bonds. The van der Waals surface area contributed by atoms with E-state index in [4.69, 9.17) is 12.2 Å². The molecule has 0 aliphatic heterocycles. The van der Waals surface area contributed by atoms with E-state index < -0.39 is 0 Å². The summed E-state index contributed by atoms with van der Waals surface area (Å²) >= 11 is 3.50. The van der Waals surface area contributed by atoms with E-state index in [1.807, 2.05) is 31.2 Å². The molecule has 0 aromatic heterocycles. The minimum absolute atomic E-state index is 0.0191. The third-order valence-corrected chi connectivity index (χ3v) is 2.94. The van der Waals surface area contributed by atoms with E-state index >= 15 is 0 Å². The largest absolute Gasteiger partial charge is 0.329 e. The van der Waals surface area contributed by atoms with Crippen LogP contribution in [0.1, 0.15) is 18.5 Å². The summed E-state index contributed by atoms with van der Waals surface area (Å²) in [6, 6.07) is 8.12. The van der Waals surface area contributed by atoms with E-state index in [9.17, 15) is 0 Å². The van der Waals surface area contributed by atoms with E-state index in [0.717, 1.165) is 10.0 Å². The second-order valence-electron chi connectivity index (χ2n) is 3.36. The summed E-state index contributed by atoms with van der Waals surface area (Å²) in [6.07, 6.45) is 5.33. The highest BCUT2D eigenvalue weighted by atomic mass is 79.9. The number of hydrogen-bond donors (Lipinski definition) is 2. The van der Waals surface area contributed by atoms with E-state index in [2.05, 4.69) is 27.2 Å². The van der Waals surface area contributed by atoms with Gasteiger partial charge in [0.1, 0.15) is 0 Å². The van der Waals surface area contributed by atoms with Crippen LogP contribution in [0.15, 0.2) is 28.7 Å². The maximum absolute atomic E-state index is 5.72. The molecule has 1 aromatic carbocycles. The van der Waals surface area contributed by atoms with Crippen LogP contribution < -0.4 is 11.1 Å². The summed E-state index contributed by atoms with van der Waals surface area (Å²) in [7, 11) is 0. The number of rotatable bonds is 4. The predicted molar refractivity (Wildman–Crippen MR) is 67.4 cm³/mol. The van der Waals surface area contributed by atoms with Crippen LogP contribution in [0, 0.1) is 12.3 Å². The van der Waals surface area contributed by atoms with Crippen LogP contribution in [0.2, 0.25) is 0 Å². The molecule has 0 bridgehead atoms. The molecule has 2 nitrogen and oxygen atoms in total. The third kappa shape index (κ3) is 3.35. The van der Waals surface area contributed by atoms with Gasteiger partial charge in [-0.25, -0.2) is 0 Å². The summed E-state index contributed by atoms with van der Waals surface area (Å²) in [5.74, 6) is 2.64. The summed E-state index contributed by atoms with van der Waals surface area (Å²) < 4.78 is 1.05. The molecule has 3 N–H and O–H groups in total. The van der Waals surface area contributed by atoms with Gasteiger partial charge in [0.25, 0.3) is 0 Å². The first-order chi connectivity index (χ1) is 7.19. The van der Waals surface area contributed by atoms with E-state index in [-0.39, 0.29) is 12.1 Å². The zero-order valence-electron chi connectivity index (χ0n) is 8.70. The van der Waals surface area contributed by atoms with Crippen LogP contribution in [-0.4, -0.2) is 12.6 Å². The predicted octanol–water partition coefficient (Wildman–Crippen LogP) is 2.06. The fraction of sp³-hybridized carbons (Fsp3) is 0.333. The maximum atomic E-state index is 5.72. The molecule has 0 saturated heterocycles. The van der Waals surface area contributed by atoms with Gasteiger partial charge in [-0.1, -0.05) is 40.0 Å². The molecule has 2 atom stereocenters. The Kier molecular flexibility index (Phi) is 4.83. The SMILES string of the molecule is C#CC(C)NC(CN)c1ccccc1Br. The molecular weight excluding hydrogens is 252 g/mol. The fourth-order valence-electron chi connectivity index (χ4n) is 1.39. The fourth-order valence-corrected chi connectivity index (χ4v) is 1.95. The Morgan fingerprint density at radius 1 is 1.53 bits per heavy atom. The topological polar surface area (TPSA) is 38.0 Å². The van der Waals surface area contributed by atoms with Crippen molar-refractivity contribution >= 4 is 15.9 Å². The Bertz CT molecular complexity index is 357. The van der Waals surface area contributed by atoms with Gasteiger partial charge in [-0.05, 0) is 18.6 Å². The van der Waals surface area contributed by atoms with Crippen molar-refractivity contribution < 1.29 is 0 Å². The van der Waals surface area contributed by atoms with Crippen molar-refractivity contribution in [3.63, 3.8) is 0 Å². The lowest BCUT2D eigenvalue weighted by Gasteiger charge is -2.20. The second kappa shape index (κ2) is 5.92. The molecule has 0 heterocycles. The Labute approximate surface area is 99.4 Å². The Morgan fingerprint density at radius 2 is 2.20 bits per heavy atom. The molecule has 3 heteroatoms. The molecule has 80 valence electrons. The number of hydrogen-bond acceptors (Lipinski definition) is 2. The van der Waals surface area contributed by atoms with Gasteiger partial charge in [0, 0.05) is 17.1 Å². The first-order valence-electron chi connectivity index (χ1n) is 4.85. The maximum Gasteiger partial charge on any atom is 0.0663 e. The van der Waals surface area contributed by atoms with Crippen molar-refractivity contribution in [2.24, 2.45) is 5.73 Å². The molecule has 15 heavy (non-hydrogen) atoms. The molecule has 1 aromatic rings. The number of halogens is 1. The van der Waals surface area contributed by atoms with Crippen molar-refractivity contribution in [2.75, 3.05) is 6.54 Å². The van der Waals surface area contributed by atoms with E-state index in [1.165, 1.54) is 0 Å². The zero-order valence-corrected chi connectivity index (χ0v) is 10.3. The Balaban J connectivity index is 2.84. The van der Waals surface area contributed by atoms with Gasteiger partial charge in [-0.15, -0.1) is 6.42 Å². The average molecular weight is 267 g/mol. The molecule has 0 radical (unpaired) electrons. The van der Waals surface area contributed by atoms with Crippen molar-refractivity contribution in [1.82, 2.24) is 5.32 Å². The number of benzene rings is 1. The Morgan fingerprint density at radius 3 is 2.73 bits per heavy atom. The standard InChI is InChI=1S/C12H15BrN2/c1-3-9(2)15-12(8-14)10-6-4-5-7-11(10)13/h1,4-7,9,12,15H,8,14H2,2H3. The van der Waals surface area contributed by atoms with Crippen molar-refractivity contribution in [1.29, 1.82) is 0 Å². The first kappa shape index (κ1) is 12.3. The van der Waals surface area contributed by atoms with Gasteiger partial charge in [0.15, 0.2) is 0 Å². The molecule has 1 rings (SSSR count). The minimum atomic E-state index is 0.0191. The summed E-state index contributed by atoms with van der Waals surface area (Å²) in [4.78, 5) is 0. The minimum Gasteiger partial charge on any atom is -0.329 e. The number of terminal acetylenes is 1. The van der Waals surface area contributed by atoms with Crippen LogP contribution in [0.25, 0.3) is 0 Å². The van der Waals surface area contributed by atoms with Crippen molar-refractivity contribution in [3.8, 4) is 12.3 Å². The van der Waals surface area contributed by atoms with Crippen LogP contribution in [0.4, 0.5) is 0 Å². The molecule has 0 aliphatic carbocycles. The lowest BCUT2D eigenvalue weighted by molar-refractivity contribution is 0.516. The highest BCUT2D eigenvalue weighted by Crippen LogP contribution is 2.22. The van der Waals surface area contributed by atoms with Gasteiger partial charge >= 0.3 is 0 Å². The molecule has 0 saturated carbocycles. The molecule has 0 aliphatic rings. The highest BCUT2D eigenvalue weighted by molar-refractivity contribution is 9.10. The summed E-state index contributed by atoms with van der Waals surface area (Å²) in [5, 5.41) is 3.28. The van der Waals surface area contributed by atoms with Gasteiger partial charge in [0.05, 0.1) is 6.04 Å². The lowest BCUT2D eigenvalue weighted by Crippen LogP contribution is -2.34. The smallest absolute Gasteiger partial charge is 0.0663 e. The van der Waals surface area contributed by atoms with Gasteiger partial charge in [-0.3, -0.25) is 5.32 Å². The summed E-state index contributed by atoms with van der Waals surface area (Å²) in [6.45, 7) is 2.47. The molecule has 0 fully saturated rings. The second-order valence-corrected chi connectivity index (χ2v) is 4.22. The molecule has 2 unspecified atom stereocenters. The van der Waals surface area contributed by atoms with Crippen molar-refractivity contribution in [3.05, 3.63) is 34.3 Å². The van der Waals surface area contributed by atoms with Gasteiger partial charge < -0.3 is 5.73 Å². The van der Waals surface area contributed by atoms with E-state index in [1.54, 1.807) is 0 Å².